The second-order valence-electron chi connectivity index (χ2n) is 5.05. The molecule has 1 heterocycles. The number of nitrogen functional groups attached to an aromatic ring is 1. The van der Waals surface area contributed by atoms with E-state index < -0.39 is 0 Å². The van der Waals surface area contributed by atoms with E-state index in [1.807, 2.05) is 12.3 Å². The van der Waals surface area contributed by atoms with Gasteiger partial charge < -0.3 is 5.43 Å². The summed E-state index contributed by atoms with van der Waals surface area (Å²) in [6, 6.07) is 4.86. The number of aromatic nitrogens is 1. The zero-order valence-electron chi connectivity index (χ0n) is 11.2. The highest BCUT2D eigenvalue weighted by molar-refractivity contribution is 5.35. The van der Waals surface area contributed by atoms with Crippen LogP contribution in [0.2, 0.25) is 0 Å². The third-order valence-electron chi connectivity index (χ3n) is 3.86. The summed E-state index contributed by atoms with van der Waals surface area (Å²) < 4.78 is 0. The van der Waals surface area contributed by atoms with Gasteiger partial charge in [0.2, 0.25) is 0 Å². The first-order valence-electron chi connectivity index (χ1n) is 6.99. The minimum atomic E-state index is 0.743. The van der Waals surface area contributed by atoms with E-state index in [0.717, 1.165) is 24.9 Å². The van der Waals surface area contributed by atoms with Gasteiger partial charge in [0.05, 0.1) is 0 Å². The number of hydrogen-bond donors (Lipinski definition) is 2. The first-order chi connectivity index (χ1) is 8.83. The molecule has 1 fully saturated rings. The highest BCUT2D eigenvalue weighted by Gasteiger charge is 2.19. The van der Waals surface area contributed by atoms with E-state index in [1.165, 1.54) is 37.7 Å². The largest absolute Gasteiger partial charge is 0.308 e. The van der Waals surface area contributed by atoms with Crippen molar-refractivity contribution in [1.82, 2.24) is 9.88 Å². The normalized spacial score (nSPS) is 17.1. The van der Waals surface area contributed by atoms with Crippen LogP contribution in [0.25, 0.3) is 0 Å². The van der Waals surface area contributed by atoms with Gasteiger partial charge in [-0.3, -0.25) is 4.90 Å². The molecule has 1 aromatic rings. The first kappa shape index (κ1) is 13.3. The average molecular weight is 248 g/mol. The summed E-state index contributed by atoms with van der Waals surface area (Å²) in [6.07, 6.45) is 8.69. The lowest BCUT2D eigenvalue weighted by molar-refractivity contribution is 0.156. The molecule has 0 unspecified atom stereocenters. The maximum atomic E-state index is 5.40. The second kappa shape index (κ2) is 6.71. The van der Waals surface area contributed by atoms with Crippen LogP contribution in [0.4, 0.5) is 5.82 Å². The highest BCUT2D eigenvalue weighted by atomic mass is 15.2. The minimum Gasteiger partial charge on any atom is -0.308 e. The van der Waals surface area contributed by atoms with Crippen molar-refractivity contribution in [3.05, 3.63) is 23.9 Å². The summed E-state index contributed by atoms with van der Waals surface area (Å²) in [5, 5.41) is 0. The van der Waals surface area contributed by atoms with Gasteiger partial charge in [-0.2, -0.15) is 0 Å². The van der Waals surface area contributed by atoms with Gasteiger partial charge in [-0.15, -0.1) is 0 Å². The van der Waals surface area contributed by atoms with Crippen LogP contribution in [-0.2, 0) is 6.54 Å². The Morgan fingerprint density at radius 3 is 2.83 bits per heavy atom. The Bertz CT molecular complexity index is 361. The Balaban J connectivity index is 1.99. The van der Waals surface area contributed by atoms with E-state index in [9.17, 15) is 0 Å². The Hall–Kier alpha value is -1.13. The van der Waals surface area contributed by atoms with Gasteiger partial charge in [0.25, 0.3) is 0 Å². The molecular weight excluding hydrogens is 224 g/mol. The molecule has 4 nitrogen and oxygen atoms in total. The number of nitrogens with two attached hydrogens (primary N) is 1. The van der Waals surface area contributed by atoms with Crippen molar-refractivity contribution >= 4 is 5.82 Å². The number of rotatable bonds is 5. The number of hydrogen-bond acceptors (Lipinski definition) is 4. The zero-order valence-corrected chi connectivity index (χ0v) is 11.2. The molecule has 18 heavy (non-hydrogen) atoms. The fourth-order valence-corrected chi connectivity index (χ4v) is 2.83. The lowest BCUT2D eigenvalue weighted by Gasteiger charge is -2.33. The smallest absolute Gasteiger partial charge is 0.140 e. The molecule has 0 spiro atoms. The summed E-state index contributed by atoms with van der Waals surface area (Å²) in [7, 11) is 0. The molecule has 0 aliphatic heterocycles. The summed E-state index contributed by atoms with van der Waals surface area (Å²) in [4.78, 5) is 6.73. The van der Waals surface area contributed by atoms with Crippen molar-refractivity contribution in [2.24, 2.45) is 5.84 Å². The van der Waals surface area contributed by atoms with E-state index >= 15 is 0 Å². The number of pyridine rings is 1. The molecule has 0 saturated heterocycles. The summed E-state index contributed by atoms with van der Waals surface area (Å²) >= 11 is 0. The number of hydrazine groups is 1. The van der Waals surface area contributed by atoms with Gasteiger partial charge in [-0.05, 0) is 37.1 Å². The molecule has 0 bridgehead atoms. The van der Waals surface area contributed by atoms with E-state index in [4.69, 9.17) is 5.84 Å². The monoisotopic (exact) mass is 248 g/mol. The van der Waals surface area contributed by atoms with Crippen LogP contribution >= 0.6 is 0 Å². The molecule has 2 rings (SSSR count). The van der Waals surface area contributed by atoms with Crippen molar-refractivity contribution in [3.63, 3.8) is 0 Å². The number of nitrogens with zero attached hydrogens (tertiary/aromatic N) is 2. The second-order valence-corrected chi connectivity index (χ2v) is 5.05. The Kier molecular flexibility index (Phi) is 4.96. The predicted octanol–water partition coefficient (Wildman–Crippen LogP) is 2.52. The van der Waals surface area contributed by atoms with Crippen molar-refractivity contribution in [2.45, 2.75) is 51.6 Å². The lowest BCUT2D eigenvalue weighted by Crippen LogP contribution is -2.36. The molecule has 0 atom stereocenters. The van der Waals surface area contributed by atoms with E-state index in [-0.39, 0.29) is 0 Å². The van der Waals surface area contributed by atoms with Crippen molar-refractivity contribution in [3.8, 4) is 0 Å². The SMILES string of the molecule is CCN(Cc1ccnc(NN)c1)C1CCCCC1. The van der Waals surface area contributed by atoms with Crippen molar-refractivity contribution in [1.29, 1.82) is 0 Å². The quantitative estimate of drug-likeness (QED) is 0.621. The van der Waals surface area contributed by atoms with Crippen LogP contribution in [0.1, 0.15) is 44.6 Å². The van der Waals surface area contributed by atoms with Crippen LogP contribution in [0.5, 0.6) is 0 Å². The van der Waals surface area contributed by atoms with Crippen LogP contribution in [0.15, 0.2) is 18.3 Å². The fraction of sp³-hybridized carbons (Fsp3) is 0.643. The highest BCUT2D eigenvalue weighted by Crippen LogP contribution is 2.24. The minimum absolute atomic E-state index is 0.743. The van der Waals surface area contributed by atoms with Crippen LogP contribution in [0, 0.1) is 0 Å². The number of anilines is 1. The maximum absolute atomic E-state index is 5.40. The van der Waals surface area contributed by atoms with Crippen molar-refractivity contribution < 1.29 is 0 Å². The van der Waals surface area contributed by atoms with E-state index in [2.05, 4.69) is 28.3 Å². The van der Waals surface area contributed by atoms with Gasteiger partial charge in [0.15, 0.2) is 0 Å². The van der Waals surface area contributed by atoms with Gasteiger partial charge in [0, 0.05) is 18.8 Å². The van der Waals surface area contributed by atoms with E-state index in [0.29, 0.717) is 0 Å². The molecule has 4 heteroatoms. The molecular formula is C14H24N4. The molecule has 1 saturated carbocycles. The molecule has 0 aromatic carbocycles. The van der Waals surface area contributed by atoms with Gasteiger partial charge in [-0.1, -0.05) is 26.2 Å². The summed E-state index contributed by atoms with van der Waals surface area (Å²) in [5.74, 6) is 6.14. The van der Waals surface area contributed by atoms with Gasteiger partial charge in [0.1, 0.15) is 5.82 Å². The van der Waals surface area contributed by atoms with Crippen LogP contribution in [0.3, 0.4) is 0 Å². The molecule has 0 amide bonds. The predicted molar refractivity (Wildman–Crippen MR) is 75.0 cm³/mol. The van der Waals surface area contributed by atoms with Gasteiger partial charge >= 0.3 is 0 Å². The first-order valence-corrected chi connectivity index (χ1v) is 6.99. The van der Waals surface area contributed by atoms with Gasteiger partial charge in [-0.25, -0.2) is 10.8 Å². The topological polar surface area (TPSA) is 54.2 Å². The third-order valence-corrected chi connectivity index (χ3v) is 3.86. The molecule has 1 aromatic heterocycles. The fourth-order valence-electron chi connectivity index (χ4n) is 2.83. The maximum Gasteiger partial charge on any atom is 0.140 e. The summed E-state index contributed by atoms with van der Waals surface area (Å²) in [6.45, 7) is 4.36. The molecule has 1 aliphatic rings. The molecule has 0 radical (unpaired) electrons. The van der Waals surface area contributed by atoms with E-state index in [1.54, 1.807) is 0 Å². The summed E-state index contributed by atoms with van der Waals surface area (Å²) in [5.41, 5.74) is 3.89. The van der Waals surface area contributed by atoms with Crippen LogP contribution in [-0.4, -0.2) is 22.5 Å². The standard InChI is InChI=1S/C14H24N4/c1-2-18(13-6-4-3-5-7-13)11-12-8-9-16-14(10-12)17-15/h8-10,13H,2-7,11,15H2,1H3,(H,16,17). The van der Waals surface area contributed by atoms with Crippen molar-refractivity contribution in [2.75, 3.05) is 12.0 Å². The Morgan fingerprint density at radius 1 is 1.39 bits per heavy atom. The number of nitrogens with one attached hydrogen (secondary N) is 1. The third kappa shape index (κ3) is 3.43. The zero-order chi connectivity index (χ0) is 12.8. The Labute approximate surface area is 110 Å². The van der Waals surface area contributed by atoms with Crippen LogP contribution < -0.4 is 11.3 Å². The Morgan fingerprint density at radius 2 is 2.17 bits per heavy atom. The average Bonchev–Trinajstić information content (AvgIpc) is 2.46. The molecule has 100 valence electrons. The molecule has 1 aliphatic carbocycles. The molecule has 3 N–H and O–H groups in total. The lowest BCUT2D eigenvalue weighted by atomic mass is 9.94.